The Morgan fingerprint density at radius 3 is 2.07 bits per heavy atom. The van der Waals surface area contributed by atoms with Gasteiger partial charge in [0.2, 0.25) is 0 Å². The van der Waals surface area contributed by atoms with Crippen molar-refractivity contribution < 1.29 is 14.3 Å². The molecular formula is C20H17N4O5-. The summed E-state index contributed by atoms with van der Waals surface area (Å²) >= 11 is 0. The highest BCUT2D eigenvalue weighted by molar-refractivity contribution is 5.87. The molecule has 3 aromatic heterocycles. The zero-order valence-electron chi connectivity index (χ0n) is 15.6. The van der Waals surface area contributed by atoms with E-state index in [1.807, 2.05) is 0 Å². The number of carbonyl (C=O) groups excluding carboxylic acids is 1. The number of hydrogen-bond donors (Lipinski definition) is 4. The second-order valence-electron chi connectivity index (χ2n) is 6.74. The zero-order chi connectivity index (χ0) is 20.7. The van der Waals surface area contributed by atoms with E-state index in [0.717, 1.165) is 0 Å². The normalized spacial score (nSPS) is 11.3. The van der Waals surface area contributed by atoms with Crippen molar-refractivity contribution in [1.82, 2.24) is 20.4 Å². The van der Waals surface area contributed by atoms with Crippen LogP contribution in [0.2, 0.25) is 0 Å². The van der Waals surface area contributed by atoms with Crippen LogP contribution in [0.15, 0.2) is 50.4 Å². The van der Waals surface area contributed by atoms with Gasteiger partial charge in [-0.15, -0.1) is 0 Å². The minimum Gasteiger partial charge on any atom is -0.545 e. The lowest BCUT2D eigenvalue weighted by Gasteiger charge is -2.12. The van der Waals surface area contributed by atoms with Crippen molar-refractivity contribution in [3.05, 3.63) is 90.9 Å². The van der Waals surface area contributed by atoms with Crippen LogP contribution in [0.5, 0.6) is 0 Å². The van der Waals surface area contributed by atoms with Crippen LogP contribution in [0, 0.1) is 13.8 Å². The van der Waals surface area contributed by atoms with Gasteiger partial charge in [0, 0.05) is 17.0 Å². The number of carboxylic acid groups (broad SMARTS) is 1. The third kappa shape index (κ3) is 3.12. The first-order valence-corrected chi connectivity index (χ1v) is 8.82. The number of carboxylic acids is 1. The average Bonchev–Trinajstić information content (AvgIpc) is 3.39. The second kappa shape index (κ2) is 6.86. The number of rotatable bonds is 5. The standard InChI is InChI=1S/C20H18N4O5/c1-9-15(18(25)23-21-9)17(16-10(2)22-24-19(16)26)14-7-6-13(29-14)11-4-3-5-12(8-11)20(27)28/h3-8,17H,1-2H3,(H,27,28)(H2,21,23,25)(H2,22,24,26)/p-1. The summed E-state index contributed by atoms with van der Waals surface area (Å²) in [6.45, 7) is 3.45. The quantitative estimate of drug-likeness (QED) is 0.401. The monoisotopic (exact) mass is 393 g/mol. The van der Waals surface area contributed by atoms with E-state index in [1.54, 1.807) is 38.1 Å². The maximum absolute atomic E-state index is 12.4. The lowest BCUT2D eigenvalue weighted by atomic mass is 9.89. The van der Waals surface area contributed by atoms with Gasteiger partial charge in [0.05, 0.1) is 23.0 Å². The fourth-order valence-corrected chi connectivity index (χ4v) is 3.50. The summed E-state index contributed by atoms with van der Waals surface area (Å²) in [6.07, 6.45) is 0. The van der Waals surface area contributed by atoms with E-state index in [1.165, 1.54) is 12.1 Å². The van der Waals surface area contributed by atoms with Crippen molar-refractivity contribution in [1.29, 1.82) is 0 Å². The highest BCUT2D eigenvalue weighted by atomic mass is 16.4. The number of benzene rings is 1. The summed E-state index contributed by atoms with van der Waals surface area (Å²) < 4.78 is 5.99. The summed E-state index contributed by atoms with van der Waals surface area (Å²) in [5.41, 5.74) is 1.73. The first-order chi connectivity index (χ1) is 13.9. The first-order valence-electron chi connectivity index (χ1n) is 8.82. The minimum atomic E-state index is -1.29. The molecule has 0 bridgehead atoms. The van der Waals surface area contributed by atoms with Crippen molar-refractivity contribution in [2.75, 3.05) is 0 Å². The van der Waals surface area contributed by atoms with Crippen LogP contribution in [0.3, 0.4) is 0 Å². The Hall–Kier alpha value is -4.01. The molecule has 0 saturated carbocycles. The third-order valence-corrected chi connectivity index (χ3v) is 4.90. The smallest absolute Gasteiger partial charge is 0.268 e. The summed E-state index contributed by atoms with van der Waals surface area (Å²) in [6, 6.07) is 9.49. The van der Waals surface area contributed by atoms with Crippen molar-refractivity contribution in [2.45, 2.75) is 19.8 Å². The number of furan rings is 1. The van der Waals surface area contributed by atoms with Crippen LogP contribution < -0.4 is 16.2 Å². The average molecular weight is 393 g/mol. The van der Waals surface area contributed by atoms with Crippen molar-refractivity contribution >= 4 is 5.97 Å². The minimum absolute atomic E-state index is 0.0212. The van der Waals surface area contributed by atoms with Gasteiger partial charge < -0.3 is 24.5 Å². The molecule has 4 aromatic rings. The fraction of sp³-hybridized carbons (Fsp3) is 0.150. The first kappa shape index (κ1) is 18.4. The molecule has 0 spiro atoms. The molecule has 0 radical (unpaired) electrons. The number of nitrogens with one attached hydrogen (secondary N) is 4. The van der Waals surface area contributed by atoms with Gasteiger partial charge in [0.1, 0.15) is 11.5 Å². The molecule has 4 rings (SSSR count). The Kier molecular flexibility index (Phi) is 4.34. The molecule has 3 heterocycles. The van der Waals surface area contributed by atoms with Gasteiger partial charge in [-0.25, -0.2) is 0 Å². The van der Waals surface area contributed by atoms with E-state index in [0.29, 0.717) is 39.6 Å². The molecule has 29 heavy (non-hydrogen) atoms. The summed E-state index contributed by atoms with van der Waals surface area (Å²) in [5, 5.41) is 21.7. The largest absolute Gasteiger partial charge is 0.545 e. The SMILES string of the molecule is Cc1[nH][nH]c(=O)c1C(c1ccc(-c2cccc(C(=O)[O-])c2)o1)c1c(C)[nH][nH]c1=O. The third-order valence-electron chi connectivity index (χ3n) is 4.90. The molecule has 0 aliphatic carbocycles. The lowest BCUT2D eigenvalue weighted by Crippen LogP contribution is -2.22. The Bertz CT molecular complexity index is 1260. The van der Waals surface area contributed by atoms with E-state index >= 15 is 0 Å². The maximum Gasteiger partial charge on any atom is 0.268 e. The number of H-pyrrole nitrogens is 4. The Balaban J connectivity index is 1.88. The topological polar surface area (TPSA) is 151 Å². The molecule has 9 heteroatoms. The van der Waals surface area contributed by atoms with Crippen LogP contribution >= 0.6 is 0 Å². The molecular weight excluding hydrogens is 376 g/mol. The van der Waals surface area contributed by atoms with Crippen molar-refractivity contribution in [3.8, 4) is 11.3 Å². The molecule has 0 aliphatic rings. The van der Waals surface area contributed by atoms with E-state index in [9.17, 15) is 19.5 Å². The highest BCUT2D eigenvalue weighted by Crippen LogP contribution is 2.34. The number of aromatic nitrogens is 4. The summed E-state index contributed by atoms with van der Waals surface area (Å²) in [5.74, 6) is -1.26. The van der Waals surface area contributed by atoms with Crippen LogP contribution in [0.25, 0.3) is 11.3 Å². The van der Waals surface area contributed by atoms with Gasteiger partial charge in [-0.3, -0.25) is 19.8 Å². The number of carbonyl (C=O) groups is 1. The van der Waals surface area contributed by atoms with E-state index < -0.39 is 11.9 Å². The van der Waals surface area contributed by atoms with E-state index in [4.69, 9.17) is 4.42 Å². The van der Waals surface area contributed by atoms with Gasteiger partial charge >= 0.3 is 0 Å². The fourth-order valence-electron chi connectivity index (χ4n) is 3.50. The second-order valence-corrected chi connectivity index (χ2v) is 6.74. The Labute approximate surface area is 163 Å². The van der Waals surface area contributed by atoms with Gasteiger partial charge in [0.15, 0.2) is 0 Å². The molecule has 0 aliphatic heterocycles. The lowest BCUT2D eigenvalue weighted by molar-refractivity contribution is -0.255. The molecule has 148 valence electrons. The highest BCUT2D eigenvalue weighted by Gasteiger charge is 2.30. The van der Waals surface area contributed by atoms with Crippen LogP contribution in [-0.4, -0.2) is 26.4 Å². The van der Waals surface area contributed by atoms with Crippen LogP contribution in [0.1, 0.15) is 44.6 Å². The molecule has 9 nitrogen and oxygen atoms in total. The molecule has 0 fully saturated rings. The number of aromatic amines is 4. The number of aromatic carboxylic acids is 1. The maximum atomic E-state index is 12.4. The van der Waals surface area contributed by atoms with Crippen LogP contribution in [0.4, 0.5) is 0 Å². The van der Waals surface area contributed by atoms with Crippen molar-refractivity contribution in [2.24, 2.45) is 0 Å². The van der Waals surface area contributed by atoms with Gasteiger partial charge in [-0.2, -0.15) is 0 Å². The molecule has 0 saturated heterocycles. The number of aryl methyl sites for hydroxylation is 2. The predicted octanol–water partition coefficient (Wildman–Crippen LogP) is 1.14. The summed E-state index contributed by atoms with van der Waals surface area (Å²) in [4.78, 5) is 36.0. The van der Waals surface area contributed by atoms with Gasteiger partial charge in [0.25, 0.3) is 11.1 Å². The Morgan fingerprint density at radius 2 is 1.55 bits per heavy atom. The van der Waals surface area contributed by atoms with E-state index in [2.05, 4.69) is 20.4 Å². The van der Waals surface area contributed by atoms with Crippen molar-refractivity contribution in [3.63, 3.8) is 0 Å². The number of hydrogen-bond acceptors (Lipinski definition) is 5. The van der Waals surface area contributed by atoms with Gasteiger partial charge in [-0.1, -0.05) is 18.2 Å². The molecule has 0 amide bonds. The van der Waals surface area contributed by atoms with Gasteiger partial charge in [-0.05, 0) is 37.6 Å². The molecule has 4 N–H and O–H groups in total. The zero-order valence-corrected chi connectivity index (χ0v) is 15.6. The predicted molar refractivity (Wildman–Crippen MR) is 102 cm³/mol. The summed E-state index contributed by atoms with van der Waals surface area (Å²) in [7, 11) is 0. The molecule has 0 unspecified atom stereocenters. The molecule has 0 atom stereocenters. The Morgan fingerprint density at radius 1 is 0.931 bits per heavy atom. The van der Waals surface area contributed by atoms with E-state index in [-0.39, 0.29) is 16.7 Å². The molecule has 1 aromatic carbocycles. The van der Waals surface area contributed by atoms with Crippen LogP contribution in [-0.2, 0) is 0 Å².